The van der Waals surface area contributed by atoms with Gasteiger partial charge in [0.05, 0.1) is 12.0 Å². The molecule has 1 fully saturated rings. The first-order valence-electron chi connectivity index (χ1n) is 7.47. The Bertz CT molecular complexity index is 548. The van der Waals surface area contributed by atoms with Crippen LogP contribution in [0.15, 0.2) is 24.3 Å². The van der Waals surface area contributed by atoms with E-state index in [-0.39, 0.29) is 42.6 Å². The van der Waals surface area contributed by atoms with Crippen molar-refractivity contribution in [3.63, 3.8) is 0 Å². The van der Waals surface area contributed by atoms with E-state index in [0.717, 1.165) is 0 Å². The van der Waals surface area contributed by atoms with Crippen molar-refractivity contribution >= 4 is 24.3 Å². The maximum absolute atomic E-state index is 13.5. The Morgan fingerprint density at radius 2 is 1.96 bits per heavy atom. The van der Waals surface area contributed by atoms with Crippen molar-refractivity contribution in [3.8, 4) is 0 Å². The minimum absolute atomic E-state index is 0. The first kappa shape index (κ1) is 19.4. The molecule has 0 spiro atoms. The zero-order valence-corrected chi connectivity index (χ0v) is 13.8. The summed E-state index contributed by atoms with van der Waals surface area (Å²) >= 11 is 0. The van der Waals surface area contributed by atoms with Gasteiger partial charge in [-0.25, -0.2) is 4.39 Å². The molecule has 1 unspecified atom stereocenters. The summed E-state index contributed by atoms with van der Waals surface area (Å²) in [6.07, 6.45) is 1.11. The van der Waals surface area contributed by atoms with Crippen molar-refractivity contribution in [2.24, 2.45) is 5.92 Å². The number of nitrogens with one attached hydrogen (secondary N) is 1. The maximum Gasteiger partial charge on any atom is 0.306 e. The number of hydrogen-bond acceptors (Lipinski definition) is 3. The number of carboxylic acids is 1. The van der Waals surface area contributed by atoms with Crippen molar-refractivity contribution in [2.45, 2.75) is 32.4 Å². The summed E-state index contributed by atoms with van der Waals surface area (Å²) in [5.74, 6) is -1.59. The summed E-state index contributed by atoms with van der Waals surface area (Å²) in [7, 11) is 0. The number of amides is 1. The Morgan fingerprint density at radius 1 is 1.35 bits per heavy atom. The Hall–Kier alpha value is -1.66. The number of carbonyl (C=O) groups excluding carboxylic acids is 1. The van der Waals surface area contributed by atoms with E-state index in [9.17, 15) is 14.0 Å². The Balaban J connectivity index is 0.00000264. The van der Waals surface area contributed by atoms with Crippen LogP contribution in [0.3, 0.4) is 0 Å². The van der Waals surface area contributed by atoms with Gasteiger partial charge in [-0.2, -0.15) is 0 Å². The molecule has 1 aliphatic heterocycles. The van der Waals surface area contributed by atoms with E-state index in [1.807, 2.05) is 4.90 Å². The van der Waals surface area contributed by atoms with Gasteiger partial charge in [0.2, 0.25) is 5.91 Å². The molecule has 1 aromatic carbocycles. The average molecular weight is 345 g/mol. The molecule has 23 heavy (non-hydrogen) atoms. The highest BCUT2D eigenvalue weighted by atomic mass is 35.5. The van der Waals surface area contributed by atoms with Crippen LogP contribution < -0.4 is 5.32 Å². The highest BCUT2D eigenvalue weighted by Crippen LogP contribution is 2.19. The average Bonchev–Trinajstić information content (AvgIpc) is 2.53. The van der Waals surface area contributed by atoms with Crippen LogP contribution in [0.1, 0.15) is 25.3 Å². The summed E-state index contributed by atoms with van der Waals surface area (Å²) in [6, 6.07) is 5.99. The smallest absolute Gasteiger partial charge is 0.306 e. The van der Waals surface area contributed by atoms with Gasteiger partial charge in [-0.15, -0.1) is 12.4 Å². The molecule has 0 saturated carbocycles. The van der Waals surface area contributed by atoms with Crippen LogP contribution in [0.5, 0.6) is 0 Å². The van der Waals surface area contributed by atoms with Crippen molar-refractivity contribution in [1.82, 2.24) is 10.2 Å². The minimum atomic E-state index is -0.767. The van der Waals surface area contributed by atoms with Crippen LogP contribution in [-0.2, 0) is 16.1 Å². The van der Waals surface area contributed by atoms with Gasteiger partial charge in [0, 0.05) is 12.1 Å². The summed E-state index contributed by atoms with van der Waals surface area (Å²) < 4.78 is 13.5. The molecule has 0 bridgehead atoms. The summed E-state index contributed by atoms with van der Waals surface area (Å²) in [5, 5.41) is 11.7. The van der Waals surface area contributed by atoms with E-state index < -0.39 is 5.97 Å². The van der Waals surface area contributed by atoms with Crippen molar-refractivity contribution in [1.29, 1.82) is 0 Å². The van der Waals surface area contributed by atoms with Gasteiger partial charge in [-0.05, 0) is 38.9 Å². The number of rotatable bonds is 5. The van der Waals surface area contributed by atoms with E-state index in [2.05, 4.69) is 5.32 Å². The Labute approximate surface area is 141 Å². The normalized spacial score (nSPS) is 17.1. The first-order valence-corrected chi connectivity index (χ1v) is 7.47. The number of halogens is 2. The van der Waals surface area contributed by atoms with Gasteiger partial charge in [-0.3, -0.25) is 14.5 Å². The van der Waals surface area contributed by atoms with Crippen LogP contribution in [0.2, 0.25) is 0 Å². The van der Waals surface area contributed by atoms with Gasteiger partial charge < -0.3 is 10.4 Å². The molecule has 0 aliphatic carbocycles. The summed E-state index contributed by atoms with van der Waals surface area (Å²) in [4.78, 5) is 25.0. The Kier molecular flexibility index (Phi) is 7.45. The second-order valence-corrected chi connectivity index (χ2v) is 5.63. The zero-order valence-electron chi connectivity index (χ0n) is 13.0. The number of piperidine rings is 1. The topological polar surface area (TPSA) is 69.6 Å². The molecule has 1 aliphatic rings. The van der Waals surface area contributed by atoms with Crippen molar-refractivity contribution < 1.29 is 19.1 Å². The monoisotopic (exact) mass is 344 g/mol. The largest absolute Gasteiger partial charge is 0.481 e. The highest BCUT2D eigenvalue weighted by molar-refractivity contribution is 5.85. The van der Waals surface area contributed by atoms with Gasteiger partial charge >= 0.3 is 5.97 Å². The molecular weight excluding hydrogens is 323 g/mol. The first-order chi connectivity index (χ1) is 10.5. The molecule has 2 N–H and O–H groups in total. The second-order valence-electron chi connectivity index (χ2n) is 5.63. The molecule has 1 amide bonds. The quantitative estimate of drug-likeness (QED) is 0.857. The third-order valence-electron chi connectivity index (χ3n) is 4.22. The van der Waals surface area contributed by atoms with Crippen LogP contribution in [0.25, 0.3) is 0 Å². The molecule has 5 nitrogen and oxygen atoms in total. The summed E-state index contributed by atoms with van der Waals surface area (Å²) in [5.41, 5.74) is 0.452. The van der Waals surface area contributed by atoms with Crippen LogP contribution in [0.4, 0.5) is 4.39 Å². The molecule has 0 radical (unpaired) electrons. The minimum Gasteiger partial charge on any atom is -0.481 e. The lowest BCUT2D eigenvalue weighted by Gasteiger charge is -2.33. The SMILES string of the molecule is CC(C(=O)NCc1ccccc1F)N1CCC(C(=O)O)CC1.Cl. The third kappa shape index (κ3) is 5.18. The molecule has 1 saturated heterocycles. The van der Waals surface area contributed by atoms with Crippen LogP contribution in [-0.4, -0.2) is 41.0 Å². The number of carboxylic acid groups (broad SMARTS) is 1. The van der Waals surface area contributed by atoms with Gasteiger partial charge in [-0.1, -0.05) is 18.2 Å². The predicted molar refractivity (Wildman–Crippen MR) is 86.9 cm³/mol. The second kappa shape index (κ2) is 8.84. The fraction of sp³-hybridized carbons (Fsp3) is 0.500. The van der Waals surface area contributed by atoms with Gasteiger partial charge in [0.25, 0.3) is 0 Å². The maximum atomic E-state index is 13.5. The molecule has 1 heterocycles. The van der Waals surface area contributed by atoms with E-state index in [1.54, 1.807) is 25.1 Å². The number of benzene rings is 1. The number of likely N-dealkylation sites (tertiary alicyclic amines) is 1. The van der Waals surface area contributed by atoms with Gasteiger partial charge in [0.1, 0.15) is 5.82 Å². The molecule has 128 valence electrons. The summed E-state index contributed by atoms with van der Waals surface area (Å²) in [6.45, 7) is 3.12. The number of carbonyl (C=O) groups is 2. The molecule has 7 heteroatoms. The number of aliphatic carboxylic acids is 1. The van der Waals surface area contributed by atoms with Crippen molar-refractivity contribution in [3.05, 3.63) is 35.6 Å². The van der Waals surface area contributed by atoms with Gasteiger partial charge in [0.15, 0.2) is 0 Å². The number of nitrogens with zero attached hydrogens (tertiary/aromatic N) is 1. The standard InChI is InChI=1S/C16H21FN2O3.ClH/c1-11(19-8-6-12(7-9-19)16(21)22)15(20)18-10-13-4-2-3-5-14(13)17;/h2-5,11-12H,6-10H2,1H3,(H,18,20)(H,21,22);1H. The molecular formula is C16H22ClFN2O3. The van der Waals surface area contributed by atoms with E-state index in [4.69, 9.17) is 5.11 Å². The van der Waals surface area contributed by atoms with E-state index in [1.165, 1.54) is 6.07 Å². The lowest BCUT2D eigenvalue weighted by molar-refractivity contribution is -0.143. The van der Waals surface area contributed by atoms with Crippen LogP contribution >= 0.6 is 12.4 Å². The highest BCUT2D eigenvalue weighted by Gasteiger charge is 2.29. The Morgan fingerprint density at radius 3 is 2.52 bits per heavy atom. The molecule has 1 aromatic rings. The number of hydrogen-bond donors (Lipinski definition) is 2. The van der Waals surface area contributed by atoms with Crippen molar-refractivity contribution in [2.75, 3.05) is 13.1 Å². The van der Waals surface area contributed by atoms with E-state index in [0.29, 0.717) is 31.5 Å². The lowest BCUT2D eigenvalue weighted by atomic mass is 9.96. The lowest BCUT2D eigenvalue weighted by Crippen LogP contribution is -2.48. The molecule has 0 aromatic heterocycles. The third-order valence-corrected chi connectivity index (χ3v) is 4.22. The fourth-order valence-electron chi connectivity index (χ4n) is 2.67. The van der Waals surface area contributed by atoms with Crippen LogP contribution in [0, 0.1) is 11.7 Å². The predicted octanol–water partition coefficient (Wildman–Crippen LogP) is 2.05. The fourth-order valence-corrected chi connectivity index (χ4v) is 2.67. The van der Waals surface area contributed by atoms with E-state index >= 15 is 0 Å². The molecule has 1 atom stereocenters. The zero-order chi connectivity index (χ0) is 16.1. The molecule has 2 rings (SSSR count).